The molecule has 78 valence electrons. The first-order chi connectivity index (χ1) is 7.25. The van der Waals surface area contributed by atoms with Gasteiger partial charge in [-0.3, -0.25) is 0 Å². The predicted octanol–water partition coefficient (Wildman–Crippen LogP) is 2.56. The monoisotopic (exact) mass is 316 g/mol. The molecule has 0 unspecified atom stereocenters. The van der Waals surface area contributed by atoms with E-state index in [4.69, 9.17) is 4.74 Å². The van der Waals surface area contributed by atoms with Gasteiger partial charge in [0.15, 0.2) is 0 Å². The van der Waals surface area contributed by atoms with E-state index in [9.17, 15) is 0 Å². The van der Waals surface area contributed by atoms with Crippen LogP contribution in [0.4, 0.5) is 0 Å². The molecule has 4 nitrogen and oxygen atoms in total. The topological polar surface area (TPSA) is 48.2 Å². The quantitative estimate of drug-likeness (QED) is 0.817. The van der Waals surface area contributed by atoms with Crippen molar-refractivity contribution in [1.82, 2.24) is 10.3 Å². The number of hydrogen-bond donors (Lipinski definition) is 0. The highest BCUT2D eigenvalue weighted by Crippen LogP contribution is 2.16. The Morgan fingerprint density at radius 2 is 2.27 bits per heavy atom. The number of rotatable bonds is 3. The molecule has 0 radical (unpaired) electrons. The van der Waals surface area contributed by atoms with Crippen LogP contribution in [0.25, 0.3) is 0 Å². The summed E-state index contributed by atoms with van der Waals surface area (Å²) in [5.41, 5.74) is 1.49. The molecule has 0 atom stereocenters. The lowest BCUT2D eigenvalue weighted by Crippen LogP contribution is -1.97. The van der Waals surface area contributed by atoms with E-state index in [1.807, 2.05) is 31.2 Å². The van der Waals surface area contributed by atoms with Crippen molar-refractivity contribution in [3.63, 3.8) is 0 Å². The molecule has 5 heteroatoms. The van der Waals surface area contributed by atoms with E-state index in [0.29, 0.717) is 6.61 Å². The Hall–Kier alpha value is -1.11. The van der Waals surface area contributed by atoms with E-state index < -0.39 is 0 Å². The molecule has 15 heavy (non-hydrogen) atoms. The van der Waals surface area contributed by atoms with Crippen LogP contribution in [0.2, 0.25) is 0 Å². The molecule has 0 N–H and O–H groups in total. The van der Waals surface area contributed by atoms with Gasteiger partial charge in [-0.25, -0.2) is 4.63 Å². The second-order valence-corrected chi connectivity index (χ2v) is 4.29. The van der Waals surface area contributed by atoms with Gasteiger partial charge in [-0.15, -0.1) is 0 Å². The second-order valence-electron chi connectivity index (χ2n) is 3.04. The maximum atomic E-state index is 5.54. The van der Waals surface area contributed by atoms with Gasteiger partial charge in [-0.1, -0.05) is 16.4 Å². The molecule has 0 amide bonds. The van der Waals surface area contributed by atoms with Gasteiger partial charge in [0.05, 0.1) is 0 Å². The lowest BCUT2D eigenvalue weighted by atomic mass is 10.3. The third kappa shape index (κ3) is 2.68. The van der Waals surface area contributed by atoms with Crippen molar-refractivity contribution in [3.05, 3.63) is 39.2 Å². The Balaban J connectivity index is 2.02. The van der Waals surface area contributed by atoms with Gasteiger partial charge in [0.2, 0.25) is 0 Å². The van der Waals surface area contributed by atoms with E-state index in [1.54, 1.807) is 0 Å². The van der Waals surface area contributed by atoms with E-state index in [1.165, 1.54) is 0 Å². The average Bonchev–Trinajstić information content (AvgIpc) is 2.61. The van der Waals surface area contributed by atoms with Gasteiger partial charge < -0.3 is 4.74 Å². The van der Waals surface area contributed by atoms with E-state index in [2.05, 4.69) is 37.5 Å². The van der Waals surface area contributed by atoms with Crippen LogP contribution in [-0.2, 0) is 6.61 Å². The number of nitrogens with zero attached hydrogens (tertiary/aromatic N) is 2. The standard InChI is InChI=1S/C10H9IN2O2/c1-7-10(13-15-12-7)6-14-9-4-2-3-8(11)5-9/h2-5H,6H2,1H3. The Morgan fingerprint density at radius 1 is 1.40 bits per heavy atom. The van der Waals surface area contributed by atoms with Crippen LogP contribution < -0.4 is 4.74 Å². The zero-order valence-electron chi connectivity index (χ0n) is 8.11. The molecule has 0 aliphatic rings. The van der Waals surface area contributed by atoms with Crippen molar-refractivity contribution in [1.29, 1.82) is 0 Å². The van der Waals surface area contributed by atoms with Crippen molar-refractivity contribution < 1.29 is 9.37 Å². The van der Waals surface area contributed by atoms with Crippen molar-refractivity contribution in [2.24, 2.45) is 0 Å². The molecule has 0 aliphatic carbocycles. The second kappa shape index (κ2) is 4.61. The lowest BCUT2D eigenvalue weighted by molar-refractivity contribution is 0.270. The lowest BCUT2D eigenvalue weighted by Gasteiger charge is -2.03. The third-order valence-corrected chi connectivity index (χ3v) is 2.59. The smallest absolute Gasteiger partial charge is 0.145 e. The Bertz CT molecular complexity index is 456. The van der Waals surface area contributed by atoms with Crippen LogP contribution in [0, 0.1) is 10.5 Å². The van der Waals surface area contributed by atoms with Gasteiger partial charge in [-0.05, 0) is 47.7 Å². The van der Waals surface area contributed by atoms with E-state index in [-0.39, 0.29) is 0 Å². The van der Waals surface area contributed by atoms with E-state index in [0.717, 1.165) is 20.7 Å². The average molecular weight is 316 g/mol. The normalized spacial score (nSPS) is 10.3. The largest absolute Gasteiger partial charge is 0.487 e. The van der Waals surface area contributed by atoms with Crippen molar-refractivity contribution in [2.75, 3.05) is 0 Å². The van der Waals surface area contributed by atoms with Gasteiger partial charge >= 0.3 is 0 Å². The third-order valence-electron chi connectivity index (χ3n) is 1.92. The van der Waals surface area contributed by atoms with E-state index >= 15 is 0 Å². The molecule has 0 fully saturated rings. The summed E-state index contributed by atoms with van der Waals surface area (Å²) < 4.78 is 11.3. The molecular formula is C10H9IN2O2. The molecule has 0 aliphatic heterocycles. The summed E-state index contributed by atoms with van der Waals surface area (Å²) in [5.74, 6) is 0.823. The van der Waals surface area contributed by atoms with Crippen LogP contribution >= 0.6 is 22.6 Å². The highest BCUT2D eigenvalue weighted by atomic mass is 127. The summed E-state index contributed by atoms with van der Waals surface area (Å²) >= 11 is 2.24. The Labute approximate surface area is 101 Å². The summed E-state index contributed by atoms with van der Waals surface area (Å²) in [6.45, 7) is 2.22. The summed E-state index contributed by atoms with van der Waals surface area (Å²) in [6, 6.07) is 7.83. The van der Waals surface area contributed by atoms with Crippen molar-refractivity contribution in [2.45, 2.75) is 13.5 Å². The van der Waals surface area contributed by atoms with Gasteiger partial charge in [0, 0.05) is 3.57 Å². The first kappa shape index (κ1) is 10.4. The zero-order chi connectivity index (χ0) is 10.7. The first-order valence-corrected chi connectivity index (χ1v) is 5.50. The number of aromatic nitrogens is 2. The SMILES string of the molecule is Cc1nonc1COc1cccc(I)c1. The Kier molecular flexibility index (Phi) is 3.20. The summed E-state index contributed by atoms with van der Waals surface area (Å²) in [7, 11) is 0. The maximum absolute atomic E-state index is 5.54. The molecule has 0 bridgehead atoms. The molecule has 2 rings (SSSR count). The maximum Gasteiger partial charge on any atom is 0.145 e. The minimum atomic E-state index is 0.384. The molecule has 0 saturated heterocycles. The highest BCUT2D eigenvalue weighted by molar-refractivity contribution is 14.1. The van der Waals surface area contributed by atoms with Crippen molar-refractivity contribution >= 4 is 22.6 Å². The zero-order valence-corrected chi connectivity index (χ0v) is 10.3. The number of aryl methyl sites for hydroxylation is 1. The number of benzene rings is 1. The summed E-state index contributed by atoms with van der Waals surface area (Å²) in [4.78, 5) is 0. The first-order valence-electron chi connectivity index (χ1n) is 4.42. The van der Waals surface area contributed by atoms with Crippen LogP contribution in [0.5, 0.6) is 5.75 Å². The van der Waals surface area contributed by atoms with Gasteiger partial charge in [-0.2, -0.15) is 0 Å². The van der Waals surface area contributed by atoms with Crippen LogP contribution in [0.15, 0.2) is 28.9 Å². The molecular weight excluding hydrogens is 307 g/mol. The van der Waals surface area contributed by atoms with Crippen molar-refractivity contribution in [3.8, 4) is 5.75 Å². The molecule has 1 heterocycles. The predicted molar refractivity (Wildman–Crippen MR) is 62.5 cm³/mol. The van der Waals surface area contributed by atoms with Gasteiger partial charge in [0.25, 0.3) is 0 Å². The number of hydrogen-bond acceptors (Lipinski definition) is 4. The van der Waals surface area contributed by atoms with Crippen LogP contribution in [0.1, 0.15) is 11.4 Å². The fourth-order valence-electron chi connectivity index (χ4n) is 1.09. The molecule has 1 aromatic carbocycles. The fourth-order valence-corrected chi connectivity index (χ4v) is 1.60. The Morgan fingerprint density at radius 3 is 2.93 bits per heavy atom. The molecule has 0 saturated carbocycles. The molecule has 1 aromatic heterocycles. The summed E-state index contributed by atoms with van der Waals surface area (Å²) in [6.07, 6.45) is 0. The minimum absolute atomic E-state index is 0.384. The number of halogens is 1. The van der Waals surface area contributed by atoms with Gasteiger partial charge in [0.1, 0.15) is 23.7 Å². The number of ether oxygens (including phenoxy) is 1. The minimum Gasteiger partial charge on any atom is -0.487 e. The van der Waals surface area contributed by atoms with Crippen LogP contribution in [-0.4, -0.2) is 10.3 Å². The molecule has 2 aromatic rings. The van der Waals surface area contributed by atoms with Crippen LogP contribution in [0.3, 0.4) is 0 Å². The molecule has 0 spiro atoms. The highest BCUT2D eigenvalue weighted by Gasteiger charge is 2.05. The summed E-state index contributed by atoms with van der Waals surface area (Å²) in [5, 5.41) is 7.42. The fraction of sp³-hybridized carbons (Fsp3) is 0.200.